The molecule has 4 rings (SSSR count). The minimum absolute atomic E-state index is 0.230. The van der Waals surface area contributed by atoms with Gasteiger partial charge < -0.3 is 0 Å². The summed E-state index contributed by atoms with van der Waals surface area (Å²) in [6, 6.07) is 16.1. The molecular weight excluding hydrogens is 383 g/mol. The van der Waals surface area contributed by atoms with Crippen molar-refractivity contribution in [3.63, 3.8) is 0 Å². The van der Waals surface area contributed by atoms with E-state index in [1.54, 1.807) is 16.7 Å². The summed E-state index contributed by atoms with van der Waals surface area (Å²) in [6.45, 7) is 0.469. The number of hydrogen-bond acceptors (Lipinski definition) is 5. The molecule has 0 unspecified atom stereocenters. The zero-order chi connectivity index (χ0) is 18.6. The molecule has 0 saturated carbocycles. The van der Waals surface area contributed by atoms with Gasteiger partial charge in [-0.15, -0.1) is 16.4 Å². The molecule has 2 heterocycles. The summed E-state index contributed by atoms with van der Waals surface area (Å²) in [4.78, 5) is 16.7. The highest BCUT2D eigenvalue weighted by Crippen LogP contribution is 2.27. The SMILES string of the molecule is O=c1[nH]nc(SCc2csc(-c3ccc(F)cc3)n2)n1Cc1ccccc1. The topological polar surface area (TPSA) is 63.6 Å². The molecule has 0 amide bonds. The van der Waals surface area contributed by atoms with Gasteiger partial charge >= 0.3 is 5.69 Å². The fourth-order valence-corrected chi connectivity index (χ4v) is 4.33. The molecule has 0 aliphatic heterocycles. The van der Waals surface area contributed by atoms with E-state index in [2.05, 4.69) is 15.2 Å². The number of nitrogens with one attached hydrogen (secondary N) is 1. The Labute approximate surface area is 162 Å². The Balaban J connectivity index is 1.47. The van der Waals surface area contributed by atoms with E-state index in [1.807, 2.05) is 35.7 Å². The lowest BCUT2D eigenvalue weighted by Gasteiger charge is -2.04. The lowest BCUT2D eigenvalue weighted by atomic mass is 10.2. The van der Waals surface area contributed by atoms with Crippen molar-refractivity contribution >= 4 is 23.1 Å². The van der Waals surface area contributed by atoms with Crippen LogP contribution in [0.3, 0.4) is 0 Å². The van der Waals surface area contributed by atoms with Gasteiger partial charge in [0.1, 0.15) is 10.8 Å². The molecule has 0 fully saturated rings. The van der Waals surface area contributed by atoms with Gasteiger partial charge in [-0.1, -0.05) is 42.1 Å². The molecule has 27 heavy (non-hydrogen) atoms. The Morgan fingerprint density at radius 3 is 2.67 bits per heavy atom. The maximum Gasteiger partial charge on any atom is 0.344 e. The number of thiazole rings is 1. The van der Waals surface area contributed by atoms with Crippen LogP contribution < -0.4 is 5.69 Å². The van der Waals surface area contributed by atoms with Crippen LogP contribution in [0, 0.1) is 5.82 Å². The minimum Gasteiger partial charge on any atom is -0.266 e. The van der Waals surface area contributed by atoms with Gasteiger partial charge in [-0.2, -0.15) is 0 Å². The molecule has 136 valence electrons. The van der Waals surface area contributed by atoms with Crippen molar-refractivity contribution in [2.45, 2.75) is 17.5 Å². The number of hydrogen-bond donors (Lipinski definition) is 1. The quantitative estimate of drug-likeness (QED) is 0.495. The second-order valence-electron chi connectivity index (χ2n) is 5.82. The van der Waals surface area contributed by atoms with Crippen LogP contribution in [0.5, 0.6) is 0 Å². The molecular formula is C19H15FN4OS2. The van der Waals surface area contributed by atoms with Crippen LogP contribution in [0.1, 0.15) is 11.3 Å². The lowest BCUT2D eigenvalue weighted by molar-refractivity contribution is 0.628. The molecule has 0 radical (unpaired) electrons. The number of thioether (sulfide) groups is 1. The highest BCUT2D eigenvalue weighted by molar-refractivity contribution is 7.98. The predicted molar refractivity (Wildman–Crippen MR) is 105 cm³/mol. The first-order valence-corrected chi connectivity index (χ1v) is 10.1. The van der Waals surface area contributed by atoms with Gasteiger partial charge in [0.2, 0.25) is 0 Å². The van der Waals surface area contributed by atoms with Gasteiger partial charge in [0.15, 0.2) is 5.16 Å². The fourth-order valence-electron chi connectivity index (χ4n) is 2.56. The third-order valence-electron chi connectivity index (χ3n) is 3.90. The molecule has 4 aromatic rings. The molecule has 0 spiro atoms. The average Bonchev–Trinajstić information content (AvgIpc) is 3.29. The fraction of sp³-hybridized carbons (Fsp3) is 0.105. The Hall–Kier alpha value is -2.71. The van der Waals surface area contributed by atoms with Crippen LogP contribution in [-0.2, 0) is 12.3 Å². The summed E-state index contributed by atoms with van der Waals surface area (Å²) in [5.74, 6) is 0.331. The van der Waals surface area contributed by atoms with Crippen molar-refractivity contribution in [1.82, 2.24) is 19.7 Å². The van der Waals surface area contributed by atoms with Crippen LogP contribution in [0.4, 0.5) is 4.39 Å². The van der Waals surface area contributed by atoms with E-state index in [-0.39, 0.29) is 11.5 Å². The van der Waals surface area contributed by atoms with E-state index in [0.29, 0.717) is 17.5 Å². The smallest absolute Gasteiger partial charge is 0.266 e. The van der Waals surface area contributed by atoms with Gasteiger partial charge in [-0.25, -0.2) is 19.3 Å². The third-order valence-corrected chi connectivity index (χ3v) is 5.85. The molecule has 5 nitrogen and oxygen atoms in total. The normalized spacial score (nSPS) is 11.0. The monoisotopic (exact) mass is 398 g/mol. The molecule has 0 saturated heterocycles. The number of H-pyrrole nitrogens is 1. The Morgan fingerprint density at radius 2 is 1.89 bits per heavy atom. The number of rotatable bonds is 6. The maximum atomic E-state index is 13.1. The summed E-state index contributed by atoms with van der Waals surface area (Å²) in [7, 11) is 0. The maximum absolute atomic E-state index is 13.1. The van der Waals surface area contributed by atoms with Crippen molar-refractivity contribution in [1.29, 1.82) is 0 Å². The molecule has 0 atom stereocenters. The van der Waals surface area contributed by atoms with E-state index in [4.69, 9.17) is 0 Å². The number of halogens is 1. The van der Waals surface area contributed by atoms with E-state index >= 15 is 0 Å². The van der Waals surface area contributed by atoms with Gasteiger partial charge in [0.05, 0.1) is 12.2 Å². The second-order valence-corrected chi connectivity index (χ2v) is 7.62. The summed E-state index contributed by atoms with van der Waals surface area (Å²) < 4.78 is 14.7. The molecule has 0 bridgehead atoms. The highest BCUT2D eigenvalue weighted by Gasteiger charge is 2.11. The van der Waals surface area contributed by atoms with Gasteiger partial charge in [-0.05, 0) is 29.8 Å². The number of nitrogens with zero attached hydrogens (tertiary/aromatic N) is 3. The third kappa shape index (κ3) is 4.17. The first-order valence-electron chi connectivity index (χ1n) is 8.21. The first-order chi connectivity index (χ1) is 13.2. The molecule has 8 heteroatoms. The number of aromatic nitrogens is 4. The zero-order valence-electron chi connectivity index (χ0n) is 14.1. The standard InChI is InChI=1S/C19H15FN4OS2/c20-15-8-6-14(7-9-15)17-21-16(11-26-17)12-27-19-23-22-18(25)24(19)10-13-4-2-1-3-5-13/h1-9,11H,10,12H2,(H,22,25). The molecule has 2 aromatic carbocycles. The lowest BCUT2D eigenvalue weighted by Crippen LogP contribution is -2.18. The summed E-state index contributed by atoms with van der Waals surface area (Å²) in [6.07, 6.45) is 0. The number of benzene rings is 2. The second kappa shape index (κ2) is 7.89. The Morgan fingerprint density at radius 1 is 1.11 bits per heavy atom. The molecule has 0 aliphatic rings. The summed E-state index contributed by atoms with van der Waals surface area (Å²) in [5.41, 5.74) is 2.59. The van der Waals surface area contributed by atoms with E-state index in [0.717, 1.165) is 21.8 Å². The molecule has 0 aliphatic carbocycles. The van der Waals surface area contributed by atoms with Crippen LogP contribution >= 0.6 is 23.1 Å². The molecule has 2 aromatic heterocycles. The van der Waals surface area contributed by atoms with Crippen molar-refractivity contribution in [3.8, 4) is 10.6 Å². The Kier molecular flexibility index (Phi) is 5.17. The van der Waals surface area contributed by atoms with Crippen LogP contribution in [0.2, 0.25) is 0 Å². The van der Waals surface area contributed by atoms with Gasteiger partial charge in [0, 0.05) is 16.7 Å². The summed E-state index contributed by atoms with van der Waals surface area (Å²) in [5, 5.41) is 10.1. The largest absolute Gasteiger partial charge is 0.344 e. The van der Waals surface area contributed by atoms with Crippen molar-refractivity contribution in [3.05, 3.63) is 87.5 Å². The van der Waals surface area contributed by atoms with Crippen LogP contribution in [0.15, 0.2) is 69.9 Å². The Bertz CT molecular complexity index is 1090. The zero-order valence-corrected chi connectivity index (χ0v) is 15.8. The average molecular weight is 398 g/mol. The van der Waals surface area contributed by atoms with Gasteiger partial charge in [0.25, 0.3) is 0 Å². The van der Waals surface area contributed by atoms with E-state index in [1.165, 1.54) is 35.2 Å². The highest BCUT2D eigenvalue weighted by atomic mass is 32.2. The van der Waals surface area contributed by atoms with Crippen molar-refractivity contribution < 1.29 is 4.39 Å². The summed E-state index contributed by atoms with van der Waals surface area (Å²) >= 11 is 2.97. The van der Waals surface area contributed by atoms with Crippen LogP contribution in [-0.4, -0.2) is 19.7 Å². The molecule has 1 N–H and O–H groups in total. The van der Waals surface area contributed by atoms with Crippen molar-refractivity contribution in [2.24, 2.45) is 0 Å². The van der Waals surface area contributed by atoms with E-state index < -0.39 is 0 Å². The minimum atomic E-state index is -0.263. The first kappa shape index (κ1) is 17.7. The van der Waals surface area contributed by atoms with Gasteiger partial charge in [-0.3, -0.25) is 4.57 Å². The van der Waals surface area contributed by atoms with Crippen molar-refractivity contribution in [2.75, 3.05) is 0 Å². The van der Waals surface area contributed by atoms with E-state index in [9.17, 15) is 9.18 Å². The number of aromatic amines is 1. The predicted octanol–water partition coefficient (Wildman–Crippen LogP) is 4.17. The van der Waals surface area contributed by atoms with Crippen LogP contribution in [0.25, 0.3) is 10.6 Å².